The van der Waals surface area contributed by atoms with Gasteiger partial charge in [-0.15, -0.1) is 0 Å². The Labute approximate surface area is 116 Å². The number of amides is 2. The van der Waals surface area contributed by atoms with E-state index in [1.165, 1.54) is 7.11 Å². The van der Waals surface area contributed by atoms with Crippen molar-refractivity contribution < 1.29 is 14.3 Å². The summed E-state index contributed by atoms with van der Waals surface area (Å²) in [6, 6.07) is 6.99. The molecular formula is C14H17N3O3. The third-order valence-corrected chi connectivity index (χ3v) is 3.05. The average Bonchev–Trinajstić information content (AvgIpc) is 2.82. The van der Waals surface area contributed by atoms with Crippen molar-refractivity contribution in [2.45, 2.75) is 12.5 Å². The zero-order valence-electron chi connectivity index (χ0n) is 11.2. The molecule has 20 heavy (non-hydrogen) atoms. The molecule has 2 amide bonds. The van der Waals surface area contributed by atoms with Crippen molar-refractivity contribution in [3.05, 3.63) is 36.0 Å². The maximum Gasteiger partial charge on any atom is 0.246 e. The van der Waals surface area contributed by atoms with Crippen LogP contribution in [0.3, 0.4) is 0 Å². The summed E-state index contributed by atoms with van der Waals surface area (Å²) in [7, 11) is 1.42. The number of carbonyl (C=O) groups is 2. The van der Waals surface area contributed by atoms with E-state index < -0.39 is 11.9 Å². The molecule has 1 atom stereocenters. The number of methoxy groups -OCH3 is 1. The van der Waals surface area contributed by atoms with Gasteiger partial charge >= 0.3 is 0 Å². The highest BCUT2D eigenvalue weighted by atomic mass is 16.5. The Morgan fingerprint density at radius 2 is 2.15 bits per heavy atom. The van der Waals surface area contributed by atoms with E-state index in [4.69, 9.17) is 10.5 Å². The quantitative estimate of drug-likeness (QED) is 0.708. The summed E-state index contributed by atoms with van der Waals surface area (Å²) in [6.07, 6.45) is 2.16. The molecule has 0 spiro atoms. The zero-order chi connectivity index (χ0) is 14.5. The van der Waals surface area contributed by atoms with Gasteiger partial charge in [0.05, 0.1) is 0 Å². The predicted molar refractivity (Wildman–Crippen MR) is 75.0 cm³/mol. The molecule has 0 saturated heterocycles. The molecule has 6 nitrogen and oxygen atoms in total. The predicted octanol–water partition coefficient (Wildman–Crippen LogP) is 0.327. The molecule has 0 bridgehead atoms. The summed E-state index contributed by atoms with van der Waals surface area (Å²) >= 11 is 0. The van der Waals surface area contributed by atoms with Crippen molar-refractivity contribution in [3.63, 3.8) is 0 Å². The van der Waals surface area contributed by atoms with Gasteiger partial charge in [-0.2, -0.15) is 0 Å². The van der Waals surface area contributed by atoms with Gasteiger partial charge in [0.15, 0.2) is 0 Å². The Kier molecular flexibility index (Phi) is 4.37. The molecule has 0 radical (unpaired) electrons. The van der Waals surface area contributed by atoms with Crippen LogP contribution in [-0.2, 0) is 20.7 Å². The molecule has 1 heterocycles. The molecule has 0 aliphatic carbocycles. The van der Waals surface area contributed by atoms with Gasteiger partial charge in [-0.25, -0.2) is 0 Å². The number of H-pyrrole nitrogens is 1. The lowest BCUT2D eigenvalue weighted by molar-refractivity contribution is -0.129. The summed E-state index contributed by atoms with van der Waals surface area (Å²) in [4.78, 5) is 26.1. The first kappa shape index (κ1) is 14.1. The molecule has 6 heteroatoms. The van der Waals surface area contributed by atoms with Crippen LogP contribution in [0.4, 0.5) is 0 Å². The first-order valence-electron chi connectivity index (χ1n) is 6.24. The maximum absolute atomic E-state index is 11.5. The maximum atomic E-state index is 11.5. The molecule has 0 saturated carbocycles. The van der Waals surface area contributed by atoms with Gasteiger partial charge in [0.1, 0.15) is 12.6 Å². The molecule has 2 rings (SSSR count). The second kappa shape index (κ2) is 6.21. The van der Waals surface area contributed by atoms with Crippen LogP contribution in [0.25, 0.3) is 10.9 Å². The minimum atomic E-state index is -0.753. The monoisotopic (exact) mass is 275 g/mol. The van der Waals surface area contributed by atoms with Crippen molar-refractivity contribution in [2.75, 3.05) is 13.7 Å². The molecule has 0 aliphatic heterocycles. The van der Waals surface area contributed by atoms with Crippen LogP contribution in [0.15, 0.2) is 30.5 Å². The standard InChI is InChI=1S/C14H17N3O3/c1-20-8-13(18)17-12(14(15)19)6-9-7-16-11-5-3-2-4-10(9)11/h2-5,7,12,16H,6,8H2,1H3,(H2,15,19)(H,17,18)/t12-/m1/s1. The van der Waals surface area contributed by atoms with E-state index in [2.05, 4.69) is 10.3 Å². The van der Waals surface area contributed by atoms with Crippen LogP contribution in [0.2, 0.25) is 0 Å². The fraction of sp³-hybridized carbons (Fsp3) is 0.286. The van der Waals surface area contributed by atoms with Gasteiger partial charge in [0.2, 0.25) is 11.8 Å². The number of ether oxygens (including phenoxy) is 1. The largest absolute Gasteiger partial charge is 0.375 e. The van der Waals surface area contributed by atoms with Crippen molar-refractivity contribution in [1.82, 2.24) is 10.3 Å². The van der Waals surface area contributed by atoms with Crippen LogP contribution in [-0.4, -0.2) is 36.6 Å². The van der Waals surface area contributed by atoms with E-state index in [1.807, 2.05) is 30.5 Å². The number of aromatic nitrogens is 1. The number of para-hydroxylation sites is 1. The molecule has 0 unspecified atom stereocenters. The van der Waals surface area contributed by atoms with E-state index >= 15 is 0 Å². The fourth-order valence-corrected chi connectivity index (χ4v) is 2.11. The van der Waals surface area contributed by atoms with Crippen LogP contribution >= 0.6 is 0 Å². The van der Waals surface area contributed by atoms with E-state index in [9.17, 15) is 9.59 Å². The lowest BCUT2D eigenvalue weighted by atomic mass is 10.0. The van der Waals surface area contributed by atoms with Crippen LogP contribution < -0.4 is 11.1 Å². The van der Waals surface area contributed by atoms with Crippen molar-refractivity contribution >= 4 is 22.7 Å². The number of hydrogen-bond acceptors (Lipinski definition) is 3. The molecule has 2 aromatic rings. The Balaban J connectivity index is 2.15. The van der Waals surface area contributed by atoms with Crippen molar-refractivity contribution in [2.24, 2.45) is 5.73 Å². The van der Waals surface area contributed by atoms with E-state index in [1.54, 1.807) is 0 Å². The SMILES string of the molecule is COCC(=O)N[C@H](Cc1c[nH]c2ccccc12)C(N)=O. The molecule has 1 aromatic heterocycles. The lowest BCUT2D eigenvalue weighted by Crippen LogP contribution is -2.46. The summed E-state index contributed by atoms with van der Waals surface area (Å²) in [5.74, 6) is -0.934. The molecule has 106 valence electrons. The Morgan fingerprint density at radius 3 is 2.85 bits per heavy atom. The minimum absolute atomic E-state index is 0.0995. The highest BCUT2D eigenvalue weighted by Crippen LogP contribution is 2.19. The number of benzene rings is 1. The fourth-order valence-electron chi connectivity index (χ4n) is 2.11. The lowest BCUT2D eigenvalue weighted by Gasteiger charge is -2.14. The molecule has 4 N–H and O–H groups in total. The van der Waals surface area contributed by atoms with Crippen molar-refractivity contribution in [3.8, 4) is 0 Å². The molecule has 1 aromatic carbocycles. The summed E-state index contributed by atoms with van der Waals surface area (Å²) in [5.41, 5.74) is 7.25. The average molecular weight is 275 g/mol. The topological polar surface area (TPSA) is 97.2 Å². The Bertz CT molecular complexity index is 621. The first-order chi connectivity index (χ1) is 9.61. The number of aromatic amines is 1. The number of carbonyl (C=O) groups excluding carboxylic acids is 2. The van der Waals surface area contributed by atoms with Gasteiger partial charge < -0.3 is 20.8 Å². The van der Waals surface area contributed by atoms with Crippen LogP contribution in [0.1, 0.15) is 5.56 Å². The minimum Gasteiger partial charge on any atom is -0.375 e. The molecule has 0 fully saturated rings. The van der Waals surface area contributed by atoms with Gasteiger partial charge in [0.25, 0.3) is 0 Å². The second-order valence-electron chi connectivity index (χ2n) is 4.52. The second-order valence-corrected chi connectivity index (χ2v) is 4.52. The Morgan fingerprint density at radius 1 is 1.40 bits per heavy atom. The summed E-state index contributed by atoms with van der Waals surface area (Å²) in [5, 5.41) is 3.58. The highest BCUT2D eigenvalue weighted by molar-refractivity contribution is 5.89. The summed E-state index contributed by atoms with van der Waals surface area (Å²) in [6.45, 7) is -0.0995. The molecular weight excluding hydrogens is 258 g/mol. The number of hydrogen-bond donors (Lipinski definition) is 3. The normalized spacial score (nSPS) is 12.2. The number of nitrogens with two attached hydrogens (primary N) is 1. The van der Waals surface area contributed by atoms with Gasteiger partial charge in [0, 0.05) is 30.6 Å². The van der Waals surface area contributed by atoms with E-state index in [-0.39, 0.29) is 12.5 Å². The third kappa shape index (κ3) is 3.16. The number of nitrogens with one attached hydrogen (secondary N) is 2. The number of primary amides is 1. The zero-order valence-corrected chi connectivity index (χ0v) is 11.2. The van der Waals surface area contributed by atoms with E-state index in [0.29, 0.717) is 6.42 Å². The van der Waals surface area contributed by atoms with E-state index in [0.717, 1.165) is 16.5 Å². The first-order valence-corrected chi connectivity index (χ1v) is 6.24. The van der Waals surface area contributed by atoms with Crippen molar-refractivity contribution in [1.29, 1.82) is 0 Å². The summed E-state index contributed by atoms with van der Waals surface area (Å²) < 4.78 is 4.72. The molecule has 0 aliphatic rings. The highest BCUT2D eigenvalue weighted by Gasteiger charge is 2.19. The van der Waals surface area contributed by atoms with Gasteiger partial charge in [-0.05, 0) is 11.6 Å². The number of rotatable bonds is 6. The number of fused-ring (bicyclic) bond motifs is 1. The van der Waals surface area contributed by atoms with Gasteiger partial charge in [-0.3, -0.25) is 9.59 Å². The van der Waals surface area contributed by atoms with Crippen LogP contribution in [0.5, 0.6) is 0 Å². The smallest absolute Gasteiger partial charge is 0.246 e. The third-order valence-electron chi connectivity index (χ3n) is 3.05. The van der Waals surface area contributed by atoms with Crippen LogP contribution in [0, 0.1) is 0 Å². The Hall–Kier alpha value is -2.34. The van der Waals surface area contributed by atoms with Gasteiger partial charge in [-0.1, -0.05) is 18.2 Å².